The minimum absolute atomic E-state index is 0.0120. The minimum Gasteiger partial charge on any atom is -0.497 e. The lowest BCUT2D eigenvalue weighted by molar-refractivity contribution is -0.118. The molecule has 1 aromatic heterocycles. The van der Waals surface area contributed by atoms with Crippen LogP contribution in [0.1, 0.15) is 29.7 Å². The molecule has 0 saturated carbocycles. The van der Waals surface area contributed by atoms with Crippen LogP contribution < -0.4 is 14.8 Å². The first-order valence-corrected chi connectivity index (χ1v) is 8.21. The third kappa shape index (κ3) is 3.67. The van der Waals surface area contributed by atoms with Crippen LogP contribution in [0.5, 0.6) is 11.5 Å². The Morgan fingerprint density at radius 2 is 2.08 bits per heavy atom. The van der Waals surface area contributed by atoms with Gasteiger partial charge in [-0.15, -0.1) is 0 Å². The molecular formula is C19H22N2O3. The number of aromatic nitrogens is 1. The van der Waals surface area contributed by atoms with Crippen molar-refractivity contribution in [1.82, 2.24) is 4.98 Å². The fourth-order valence-electron chi connectivity index (χ4n) is 2.96. The van der Waals surface area contributed by atoms with Gasteiger partial charge in [0.1, 0.15) is 11.5 Å². The number of anilines is 1. The summed E-state index contributed by atoms with van der Waals surface area (Å²) >= 11 is 0. The fourth-order valence-corrected chi connectivity index (χ4v) is 2.96. The largest absolute Gasteiger partial charge is 0.497 e. The normalized spacial score (nSPS) is 13.1. The molecule has 0 spiro atoms. The van der Waals surface area contributed by atoms with Gasteiger partial charge in [0.25, 0.3) is 5.91 Å². The van der Waals surface area contributed by atoms with Crippen molar-refractivity contribution in [3.63, 3.8) is 0 Å². The summed E-state index contributed by atoms with van der Waals surface area (Å²) in [6, 6.07) is 7.38. The van der Waals surface area contributed by atoms with Gasteiger partial charge in [0.2, 0.25) is 0 Å². The maximum Gasteiger partial charge on any atom is 0.262 e. The van der Waals surface area contributed by atoms with E-state index in [1.54, 1.807) is 13.3 Å². The summed E-state index contributed by atoms with van der Waals surface area (Å²) in [5, 5.41) is 2.88. The molecule has 1 heterocycles. The van der Waals surface area contributed by atoms with Crippen molar-refractivity contribution >= 4 is 11.6 Å². The Hall–Kier alpha value is -2.56. The Kier molecular flexibility index (Phi) is 4.99. The van der Waals surface area contributed by atoms with E-state index < -0.39 is 0 Å². The number of carbonyl (C=O) groups is 1. The lowest BCUT2D eigenvalue weighted by atomic mass is 9.95. The zero-order valence-electron chi connectivity index (χ0n) is 14.1. The molecule has 0 fully saturated rings. The van der Waals surface area contributed by atoms with E-state index in [4.69, 9.17) is 9.47 Å². The van der Waals surface area contributed by atoms with Crippen molar-refractivity contribution in [1.29, 1.82) is 0 Å². The highest BCUT2D eigenvalue weighted by Crippen LogP contribution is 2.28. The lowest BCUT2D eigenvalue weighted by Crippen LogP contribution is -2.21. The maximum atomic E-state index is 12.2. The zero-order chi connectivity index (χ0) is 16.9. The van der Waals surface area contributed by atoms with Crippen molar-refractivity contribution in [3.8, 4) is 11.5 Å². The number of nitrogens with one attached hydrogen (secondary N) is 1. The van der Waals surface area contributed by atoms with Crippen molar-refractivity contribution in [3.05, 3.63) is 47.3 Å². The molecule has 0 saturated heterocycles. The standard InChI is InChI=1S/C19H22N2O3/c1-13-11-14(23-2)7-8-16(13)21-19(22)12-24-18-9-10-20-17-6-4-3-5-15(17)18/h7-11H,3-6,12H2,1-2H3,(H,21,22). The number of carbonyl (C=O) groups excluding carboxylic acids is 1. The first-order chi connectivity index (χ1) is 11.7. The Balaban J connectivity index is 1.62. The molecule has 1 amide bonds. The Labute approximate surface area is 142 Å². The summed E-state index contributed by atoms with van der Waals surface area (Å²) in [7, 11) is 1.62. The topological polar surface area (TPSA) is 60.5 Å². The van der Waals surface area contributed by atoms with E-state index >= 15 is 0 Å². The van der Waals surface area contributed by atoms with E-state index in [0.29, 0.717) is 0 Å². The van der Waals surface area contributed by atoms with Crippen LogP contribution in [0.3, 0.4) is 0 Å². The van der Waals surface area contributed by atoms with Crippen LogP contribution in [0, 0.1) is 6.92 Å². The number of hydrogen-bond acceptors (Lipinski definition) is 4. The van der Waals surface area contributed by atoms with Gasteiger partial charge in [-0.25, -0.2) is 0 Å². The number of ether oxygens (including phenoxy) is 2. The lowest BCUT2D eigenvalue weighted by Gasteiger charge is -2.18. The van der Waals surface area contributed by atoms with E-state index in [-0.39, 0.29) is 12.5 Å². The third-order valence-electron chi connectivity index (χ3n) is 4.26. The monoisotopic (exact) mass is 326 g/mol. The SMILES string of the molecule is COc1ccc(NC(=O)COc2ccnc3c2CCCC3)c(C)c1. The summed E-state index contributed by atoms with van der Waals surface area (Å²) in [5.74, 6) is 1.37. The van der Waals surface area contributed by atoms with Crippen LogP contribution >= 0.6 is 0 Å². The molecule has 2 aromatic rings. The molecule has 0 aliphatic heterocycles. The molecule has 0 unspecified atom stereocenters. The molecule has 1 N–H and O–H groups in total. The highest BCUT2D eigenvalue weighted by Gasteiger charge is 2.16. The zero-order valence-corrected chi connectivity index (χ0v) is 14.1. The molecule has 5 nitrogen and oxygen atoms in total. The van der Waals surface area contributed by atoms with Crippen LogP contribution in [-0.4, -0.2) is 24.6 Å². The Morgan fingerprint density at radius 1 is 1.25 bits per heavy atom. The van der Waals surface area contributed by atoms with Gasteiger partial charge in [0.05, 0.1) is 7.11 Å². The average molecular weight is 326 g/mol. The Bertz CT molecular complexity index is 743. The first kappa shape index (κ1) is 16.3. The smallest absolute Gasteiger partial charge is 0.262 e. The van der Waals surface area contributed by atoms with Gasteiger partial charge in [-0.3, -0.25) is 9.78 Å². The Morgan fingerprint density at radius 3 is 2.88 bits per heavy atom. The molecule has 1 aromatic carbocycles. The van der Waals surface area contributed by atoms with Crippen LogP contribution in [-0.2, 0) is 17.6 Å². The van der Waals surface area contributed by atoms with Crippen LogP contribution in [0.2, 0.25) is 0 Å². The summed E-state index contributed by atoms with van der Waals surface area (Å²) in [6.07, 6.45) is 6.03. The number of amides is 1. The molecular weight excluding hydrogens is 304 g/mol. The second kappa shape index (κ2) is 7.34. The van der Waals surface area contributed by atoms with E-state index in [1.807, 2.05) is 31.2 Å². The highest BCUT2D eigenvalue weighted by atomic mass is 16.5. The van der Waals surface area contributed by atoms with Gasteiger partial charge in [0, 0.05) is 23.1 Å². The number of nitrogens with zero attached hydrogens (tertiary/aromatic N) is 1. The van der Waals surface area contributed by atoms with Crippen molar-refractivity contribution < 1.29 is 14.3 Å². The maximum absolute atomic E-state index is 12.2. The van der Waals surface area contributed by atoms with E-state index in [0.717, 1.165) is 53.3 Å². The predicted octanol–water partition coefficient (Wildman–Crippen LogP) is 3.29. The van der Waals surface area contributed by atoms with Crippen LogP contribution in [0.25, 0.3) is 0 Å². The number of methoxy groups -OCH3 is 1. The molecule has 0 atom stereocenters. The van der Waals surface area contributed by atoms with Gasteiger partial charge >= 0.3 is 0 Å². The van der Waals surface area contributed by atoms with Gasteiger partial charge in [-0.1, -0.05) is 0 Å². The molecule has 1 aliphatic rings. The number of hydrogen-bond donors (Lipinski definition) is 1. The van der Waals surface area contributed by atoms with E-state index in [1.165, 1.54) is 6.42 Å². The van der Waals surface area contributed by atoms with Crippen LogP contribution in [0.15, 0.2) is 30.5 Å². The van der Waals surface area contributed by atoms with Crippen molar-refractivity contribution in [2.24, 2.45) is 0 Å². The summed E-state index contributed by atoms with van der Waals surface area (Å²) in [4.78, 5) is 16.6. The molecule has 0 bridgehead atoms. The number of pyridine rings is 1. The number of aryl methyl sites for hydroxylation is 2. The van der Waals surface area contributed by atoms with Gasteiger partial charge in [-0.2, -0.15) is 0 Å². The summed E-state index contributed by atoms with van der Waals surface area (Å²) in [5.41, 5.74) is 3.97. The van der Waals surface area contributed by atoms with E-state index in [9.17, 15) is 4.79 Å². The van der Waals surface area contributed by atoms with Gasteiger partial charge in [0.15, 0.2) is 6.61 Å². The molecule has 126 valence electrons. The second-order valence-corrected chi connectivity index (χ2v) is 5.96. The molecule has 3 rings (SSSR count). The number of rotatable bonds is 5. The predicted molar refractivity (Wildman–Crippen MR) is 92.7 cm³/mol. The average Bonchev–Trinajstić information content (AvgIpc) is 2.61. The molecule has 24 heavy (non-hydrogen) atoms. The highest BCUT2D eigenvalue weighted by molar-refractivity contribution is 5.92. The summed E-state index contributed by atoms with van der Waals surface area (Å²) < 4.78 is 10.9. The minimum atomic E-state index is -0.176. The van der Waals surface area contributed by atoms with E-state index in [2.05, 4.69) is 10.3 Å². The van der Waals surface area contributed by atoms with Crippen LogP contribution in [0.4, 0.5) is 5.69 Å². The van der Waals surface area contributed by atoms with Crippen molar-refractivity contribution in [2.75, 3.05) is 19.0 Å². The number of benzene rings is 1. The van der Waals surface area contributed by atoms with Gasteiger partial charge in [-0.05, 0) is 62.4 Å². The third-order valence-corrected chi connectivity index (χ3v) is 4.26. The quantitative estimate of drug-likeness (QED) is 0.916. The molecule has 5 heteroatoms. The number of fused-ring (bicyclic) bond motifs is 1. The van der Waals surface area contributed by atoms with Gasteiger partial charge < -0.3 is 14.8 Å². The fraction of sp³-hybridized carbons (Fsp3) is 0.368. The first-order valence-electron chi connectivity index (χ1n) is 8.21. The summed E-state index contributed by atoms with van der Waals surface area (Å²) in [6.45, 7) is 1.92. The second-order valence-electron chi connectivity index (χ2n) is 5.96. The molecule has 0 radical (unpaired) electrons. The van der Waals surface area contributed by atoms with Crippen molar-refractivity contribution in [2.45, 2.75) is 32.6 Å². The molecule has 1 aliphatic carbocycles.